The second-order valence-corrected chi connectivity index (χ2v) is 5.50. The molecule has 0 aliphatic heterocycles. The summed E-state index contributed by atoms with van der Waals surface area (Å²) in [5.41, 5.74) is 2.58. The smallest absolute Gasteiger partial charge is 0.0488 e. The first kappa shape index (κ1) is 15.2. The van der Waals surface area contributed by atoms with Gasteiger partial charge in [0.1, 0.15) is 0 Å². The second-order valence-electron chi connectivity index (χ2n) is 5.50. The zero-order valence-electron chi connectivity index (χ0n) is 11.9. The molecule has 1 atom stereocenters. The van der Waals surface area contributed by atoms with E-state index in [9.17, 15) is 5.11 Å². The Morgan fingerprint density at radius 3 is 2.67 bits per heavy atom. The van der Waals surface area contributed by atoms with Crippen LogP contribution >= 0.6 is 0 Å². The topological polar surface area (TPSA) is 29.5 Å². The predicted molar refractivity (Wildman–Crippen MR) is 75.7 cm³/mol. The Hall–Kier alpha value is -0.860. The number of aliphatic hydroxyl groups is 1. The molecule has 2 nitrogen and oxygen atoms in total. The maximum atomic E-state index is 9.41. The van der Waals surface area contributed by atoms with Gasteiger partial charge in [-0.2, -0.15) is 0 Å². The van der Waals surface area contributed by atoms with Gasteiger partial charge in [0, 0.05) is 19.8 Å². The van der Waals surface area contributed by atoms with Gasteiger partial charge in [-0.05, 0) is 37.2 Å². The molecule has 0 spiro atoms. The van der Waals surface area contributed by atoms with Crippen LogP contribution in [-0.4, -0.2) is 24.9 Å². The lowest BCUT2D eigenvalue weighted by molar-refractivity contribution is 0.0878. The highest BCUT2D eigenvalue weighted by Gasteiger charge is 2.09. The van der Waals surface area contributed by atoms with Gasteiger partial charge in [0.2, 0.25) is 0 Å². The molecular formula is C16H26O2. The van der Waals surface area contributed by atoms with E-state index >= 15 is 0 Å². The first-order valence-corrected chi connectivity index (χ1v) is 6.86. The lowest BCUT2D eigenvalue weighted by Gasteiger charge is -2.15. The molecule has 1 aromatic rings. The molecule has 0 bridgehead atoms. The van der Waals surface area contributed by atoms with Crippen LogP contribution in [0.4, 0.5) is 0 Å². The van der Waals surface area contributed by atoms with E-state index in [1.807, 2.05) is 0 Å². The molecule has 2 heteroatoms. The normalized spacial score (nSPS) is 12.9. The summed E-state index contributed by atoms with van der Waals surface area (Å²) < 4.78 is 5.58. The summed E-state index contributed by atoms with van der Waals surface area (Å²) in [6.07, 6.45) is 1.86. The molecule has 102 valence electrons. The molecule has 0 fully saturated rings. The number of benzene rings is 1. The fourth-order valence-electron chi connectivity index (χ4n) is 2.00. The van der Waals surface area contributed by atoms with E-state index in [1.54, 1.807) is 0 Å². The molecule has 18 heavy (non-hydrogen) atoms. The van der Waals surface area contributed by atoms with E-state index in [2.05, 4.69) is 45.0 Å². The highest BCUT2D eigenvalue weighted by molar-refractivity contribution is 5.22. The van der Waals surface area contributed by atoms with Crippen molar-refractivity contribution in [3.8, 4) is 0 Å². The fourth-order valence-corrected chi connectivity index (χ4v) is 2.00. The van der Waals surface area contributed by atoms with Gasteiger partial charge < -0.3 is 9.84 Å². The van der Waals surface area contributed by atoms with Gasteiger partial charge in [0.15, 0.2) is 0 Å². The lowest BCUT2D eigenvalue weighted by atomic mass is 9.96. The summed E-state index contributed by atoms with van der Waals surface area (Å²) in [5, 5.41) is 9.41. The molecular weight excluding hydrogens is 224 g/mol. The maximum absolute atomic E-state index is 9.41. The Balaban J connectivity index is 2.33. The largest absolute Gasteiger partial charge is 0.396 e. The Kier molecular flexibility index (Phi) is 6.99. The van der Waals surface area contributed by atoms with E-state index in [0.717, 1.165) is 26.1 Å². The SMILES string of the molecule is Cc1cccc(CC(CO)CCOCC(C)C)c1. The van der Waals surface area contributed by atoms with E-state index in [-0.39, 0.29) is 6.61 Å². The van der Waals surface area contributed by atoms with E-state index < -0.39 is 0 Å². The highest BCUT2D eigenvalue weighted by Crippen LogP contribution is 2.13. The number of ether oxygens (including phenoxy) is 1. The predicted octanol–water partition coefficient (Wildman–Crippen LogP) is 3.21. The summed E-state index contributed by atoms with van der Waals surface area (Å²) in [6, 6.07) is 8.50. The van der Waals surface area contributed by atoms with Gasteiger partial charge in [0.05, 0.1) is 0 Å². The summed E-state index contributed by atoms with van der Waals surface area (Å²) >= 11 is 0. The van der Waals surface area contributed by atoms with Gasteiger partial charge in [-0.15, -0.1) is 0 Å². The molecule has 0 aliphatic carbocycles. The van der Waals surface area contributed by atoms with Crippen LogP contribution in [0, 0.1) is 18.8 Å². The second kappa shape index (κ2) is 8.28. The summed E-state index contributed by atoms with van der Waals surface area (Å²) in [6.45, 7) is 8.19. The number of hydrogen-bond donors (Lipinski definition) is 1. The summed E-state index contributed by atoms with van der Waals surface area (Å²) in [5.74, 6) is 0.883. The van der Waals surface area contributed by atoms with E-state index in [0.29, 0.717) is 11.8 Å². The molecule has 1 aromatic carbocycles. The first-order valence-electron chi connectivity index (χ1n) is 6.86. The van der Waals surface area contributed by atoms with Gasteiger partial charge in [-0.25, -0.2) is 0 Å². The Morgan fingerprint density at radius 2 is 2.06 bits per heavy atom. The molecule has 1 unspecified atom stereocenters. The fraction of sp³-hybridized carbons (Fsp3) is 0.625. The highest BCUT2D eigenvalue weighted by atomic mass is 16.5. The average molecular weight is 250 g/mol. The van der Waals surface area contributed by atoms with Crippen molar-refractivity contribution in [3.63, 3.8) is 0 Å². The van der Waals surface area contributed by atoms with Crippen LogP contribution in [0.15, 0.2) is 24.3 Å². The van der Waals surface area contributed by atoms with Crippen LogP contribution in [0.2, 0.25) is 0 Å². The van der Waals surface area contributed by atoms with Crippen LogP contribution in [0.25, 0.3) is 0 Å². The molecule has 1 N–H and O–H groups in total. The quantitative estimate of drug-likeness (QED) is 0.718. The monoisotopic (exact) mass is 250 g/mol. The van der Waals surface area contributed by atoms with Crippen LogP contribution < -0.4 is 0 Å². The van der Waals surface area contributed by atoms with Crippen LogP contribution in [-0.2, 0) is 11.2 Å². The molecule has 0 aromatic heterocycles. The first-order chi connectivity index (χ1) is 8.61. The standard InChI is InChI=1S/C16H26O2/c1-13(2)12-18-8-7-16(11-17)10-15-6-4-5-14(3)9-15/h4-6,9,13,16-17H,7-8,10-12H2,1-3H3. The molecule has 0 amide bonds. The van der Waals surface area contributed by atoms with Crippen molar-refractivity contribution in [3.05, 3.63) is 35.4 Å². The zero-order valence-corrected chi connectivity index (χ0v) is 11.9. The van der Waals surface area contributed by atoms with Crippen LogP contribution in [0.1, 0.15) is 31.4 Å². The Bertz CT molecular complexity index is 334. The third-order valence-electron chi connectivity index (χ3n) is 2.99. The third kappa shape index (κ3) is 6.18. The van der Waals surface area contributed by atoms with Crippen molar-refractivity contribution in [2.45, 2.75) is 33.6 Å². The Labute approximate surface area is 111 Å². The van der Waals surface area contributed by atoms with E-state index in [4.69, 9.17) is 4.74 Å². The number of rotatable bonds is 8. The van der Waals surface area contributed by atoms with Crippen molar-refractivity contribution in [1.82, 2.24) is 0 Å². The Morgan fingerprint density at radius 1 is 1.28 bits per heavy atom. The molecule has 1 rings (SSSR count). The van der Waals surface area contributed by atoms with Crippen molar-refractivity contribution >= 4 is 0 Å². The van der Waals surface area contributed by atoms with Crippen molar-refractivity contribution in [2.75, 3.05) is 19.8 Å². The van der Waals surface area contributed by atoms with Crippen LogP contribution in [0.5, 0.6) is 0 Å². The zero-order chi connectivity index (χ0) is 13.4. The minimum absolute atomic E-state index is 0.235. The van der Waals surface area contributed by atoms with Gasteiger partial charge in [-0.1, -0.05) is 43.7 Å². The average Bonchev–Trinajstić information content (AvgIpc) is 2.33. The lowest BCUT2D eigenvalue weighted by Crippen LogP contribution is -2.14. The van der Waals surface area contributed by atoms with Crippen molar-refractivity contribution in [2.24, 2.45) is 11.8 Å². The summed E-state index contributed by atoms with van der Waals surface area (Å²) in [4.78, 5) is 0. The molecule has 0 saturated heterocycles. The number of hydrogen-bond acceptors (Lipinski definition) is 2. The molecule has 0 heterocycles. The summed E-state index contributed by atoms with van der Waals surface area (Å²) in [7, 11) is 0. The maximum Gasteiger partial charge on any atom is 0.0488 e. The molecule has 0 aliphatic rings. The minimum Gasteiger partial charge on any atom is -0.396 e. The number of aliphatic hydroxyl groups excluding tert-OH is 1. The van der Waals surface area contributed by atoms with Gasteiger partial charge in [0.25, 0.3) is 0 Å². The van der Waals surface area contributed by atoms with Gasteiger partial charge >= 0.3 is 0 Å². The molecule has 0 saturated carbocycles. The molecule has 0 radical (unpaired) electrons. The van der Waals surface area contributed by atoms with Gasteiger partial charge in [-0.3, -0.25) is 0 Å². The third-order valence-corrected chi connectivity index (χ3v) is 2.99. The van der Waals surface area contributed by atoms with E-state index in [1.165, 1.54) is 11.1 Å². The number of aryl methyl sites for hydroxylation is 1. The minimum atomic E-state index is 0.235. The van der Waals surface area contributed by atoms with Crippen molar-refractivity contribution in [1.29, 1.82) is 0 Å². The van der Waals surface area contributed by atoms with Crippen molar-refractivity contribution < 1.29 is 9.84 Å². The van der Waals surface area contributed by atoms with Crippen LogP contribution in [0.3, 0.4) is 0 Å².